The maximum absolute atomic E-state index is 12.5. The number of rotatable bonds is 4. The zero-order valence-corrected chi connectivity index (χ0v) is 8.98. The molecule has 0 unspecified atom stereocenters. The van der Waals surface area contributed by atoms with Crippen molar-refractivity contribution in [1.82, 2.24) is 9.97 Å². The van der Waals surface area contributed by atoms with E-state index in [4.69, 9.17) is 5.53 Å². The molecule has 9 heteroatoms. The fraction of sp³-hybridized carbons (Fsp3) is 0.333. The van der Waals surface area contributed by atoms with Gasteiger partial charge >= 0.3 is 6.18 Å². The minimum Gasteiger partial charge on any atom is -0.313 e. The first kappa shape index (κ1) is 13.8. The molecule has 1 N–H and O–H groups in total. The Hall–Kier alpha value is -2.28. The van der Waals surface area contributed by atoms with Crippen molar-refractivity contribution < 1.29 is 13.2 Å². The lowest BCUT2D eigenvalue weighted by Gasteiger charge is -2.07. The summed E-state index contributed by atoms with van der Waals surface area (Å²) >= 11 is 0. The third-order valence-electron chi connectivity index (χ3n) is 1.90. The van der Waals surface area contributed by atoms with Crippen molar-refractivity contribution >= 4 is 6.08 Å². The molecular weight excluding hydrogens is 251 g/mol. The van der Waals surface area contributed by atoms with Crippen molar-refractivity contribution in [3.63, 3.8) is 0 Å². The minimum atomic E-state index is -4.70. The van der Waals surface area contributed by atoms with Crippen molar-refractivity contribution in [3.05, 3.63) is 44.5 Å². The lowest BCUT2D eigenvalue weighted by atomic mass is 10.2. The largest absolute Gasteiger partial charge is 0.434 e. The third kappa shape index (κ3) is 3.63. The summed E-state index contributed by atoms with van der Waals surface area (Å²) in [4.78, 5) is 18.9. The first-order chi connectivity index (χ1) is 8.46. The van der Waals surface area contributed by atoms with Gasteiger partial charge in [-0.25, -0.2) is 4.98 Å². The Morgan fingerprint density at radius 1 is 1.56 bits per heavy atom. The van der Waals surface area contributed by atoms with Gasteiger partial charge in [0.05, 0.1) is 11.9 Å². The van der Waals surface area contributed by atoms with E-state index < -0.39 is 23.0 Å². The first-order valence-corrected chi connectivity index (χ1v) is 4.79. The van der Waals surface area contributed by atoms with Crippen LogP contribution in [-0.4, -0.2) is 16.5 Å². The van der Waals surface area contributed by atoms with E-state index in [0.29, 0.717) is 6.33 Å². The molecule has 0 saturated heterocycles. The molecule has 96 valence electrons. The highest BCUT2D eigenvalue weighted by Gasteiger charge is 2.35. The van der Waals surface area contributed by atoms with Crippen LogP contribution >= 0.6 is 0 Å². The number of nitrogens with one attached hydrogen (secondary N) is 1. The Kier molecular flexibility index (Phi) is 4.50. The third-order valence-corrected chi connectivity index (χ3v) is 1.90. The fourth-order valence-corrected chi connectivity index (χ4v) is 1.17. The van der Waals surface area contributed by atoms with E-state index in [9.17, 15) is 18.0 Å². The van der Waals surface area contributed by atoms with Crippen LogP contribution in [0.25, 0.3) is 16.5 Å². The van der Waals surface area contributed by atoms with Crippen molar-refractivity contribution in [1.29, 1.82) is 0 Å². The molecule has 18 heavy (non-hydrogen) atoms. The van der Waals surface area contributed by atoms with Crippen LogP contribution in [0.4, 0.5) is 13.2 Å². The summed E-state index contributed by atoms with van der Waals surface area (Å²) in [6, 6.07) is 0. The average Bonchev–Trinajstić information content (AvgIpc) is 2.29. The molecule has 0 aliphatic heterocycles. The Labute approximate surface area is 98.8 Å². The highest BCUT2D eigenvalue weighted by molar-refractivity contribution is 5.51. The molecule has 0 atom stereocenters. The van der Waals surface area contributed by atoms with Gasteiger partial charge in [0, 0.05) is 11.5 Å². The number of azide groups is 1. The number of H-pyrrole nitrogens is 1. The summed E-state index contributed by atoms with van der Waals surface area (Å²) in [7, 11) is 0. The average molecular weight is 259 g/mol. The summed E-state index contributed by atoms with van der Waals surface area (Å²) in [5.41, 5.74) is 5.31. The van der Waals surface area contributed by atoms with Gasteiger partial charge in [0.2, 0.25) is 0 Å². The Bertz CT molecular complexity index is 542. The van der Waals surface area contributed by atoms with Crippen LogP contribution in [0.15, 0.2) is 22.3 Å². The van der Waals surface area contributed by atoms with Crippen LogP contribution in [0.1, 0.15) is 17.7 Å². The number of halogens is 3. The Morgan fingerprint density at radius 2 is 2.28 bits per heavy atom. The number of aromatic nitrogens is 2. The van der Waals surface area contributed by atoms with Crippen LogP contribution < -0.4 is 5.56 Å². The van der Waals surface area contributed by atoms with Crippen molar-refractivity contribution in [3.8, 4) is 0 Å². The van der Waals surface area contributed by atoms with Gasteiger partial charge in [0.25, 0.3) is 5.56 Å². The van der Waals surface area contributed by atoms with Crippen molar-refractivity contribution in [2.75, 3.05) is 6.54 Å². The predicted molar refractivity (Wildman–Crippen MR) is 57.5 cm³/mol. The molecule has 6 nitrogen and oxygen atoms in total. The number of alkyl halides is 3. The maximum Gasteiger partial charge on any atom is 0.434 e. The fourth-order valence-electron chi connectivity index (χ4n) is 1.17. The van der Waals surface area contributed by atoms with Gasteiger partial charge in [-0.1, -0.05) is 17.3 Å². The van der Waals surface area contributed by atoms with Gasteiger partial charge in [-0.05, 0) is 12.0 Å². The van der Waals surface area contributed by atoms with Crippen LogP contribution in [0.5, 0.6) is 0 Å². The molecule has 0 amide bonds. The zero-order valence-electron chi connectivity index (χ0n) is 8.98. The summed E-state index contributed by atoms with van der Waals surface area (Å²) in [5.74, 6) is 0. The zero-order chi connectivity index (χ0) is 13.6. The van der Waals surface area contributed by atoms with Crippen LogP contribution in [-0.2, 0) is 6.18 Å². The molecule has 0 saturated carbocycles. The Morgan fingerprint density at radius 3 is 2.89 bits per heavy atom. The van der Waals surface area contributed by atoms with E-state index in [1.54, 1.807) is 0 Å². The van der Waals surface area contributed by atoms with Gasteiger partial charge in [0.15, 0.2) is 5.69 Å². The molecule has 1 aromatic rings. The smallest absolute Gasteiger partial charge is 0.313 e. The number of hydrogen-bond acceptors (Lipinski definition) is 3. The molecule has 0 radical (unpaired) electrons. The second-order valence-corrected chi connectivity index (χ2v) is 3.14. The molecule has 0 aliphatic rings. The molecule has 0 fully saturated rings. The van der Waals surface area contributed by atoms with E-state index in [1.165, 1.54) is 6.08 Å². The van der Waals surface area contributed by atoms with Gasteiger partial charge in [-0.3, -0.25) is 4.79 Å². The van der Waals surface area contributed by atoms with Crippen molar-refractivity contribution in [2.45, 2.75) is 12.6 Å². The van der Waals surface area contributed by atoms with Gasteiger partial charge in [0.1, 0.15) is 0 Å². The Balaban J connectivity index is 3.00. The van der Waals surface area contributed by atoms with Crippen molar-refractivity contribution in [2.24, 2.45) is 5.11 Å². The standard InChI is InChI=1S/C9H8F3N5O/c10-9(11,12)7-6(8(18)15-5-14-7)3-1-2-4-16-17-13/h1,3,5H,2,4H2,(H,14,15,18). The van der Waals surface area contributed by atoms with Gasteiger partial charge in [-0.15, -0.1) is 0 Å². The molecule has 0 bridgehead atoms. The summed E-state index contributed by atoms with van der Waals surface area (Å²) < 4.78 is 37.6. The number of aromatic amines is 1. The minimum absolute atomic E-state index is 0.104. The molecule has 0 aromatic carbocycles. The van der Waals surface area contributed by atoms with E-state index >= 15 is 0 Å². The molecule has 0 aliphatic carbocycles. The topological polar surface area (TPSA) is 94.5 Å². The summed E-state index contributed by atoms with van der Waals surface area (Å²) in [6.45, 7) is 0.104. The monoisotopic (exact) mass is 259 g/mol. The van der Waals surface area contributed by atoms with Crippen LogP contribution in [0, 0.1) is 0 Å². The van der Waals surface area contributed by atoms with Gasteiger partial charge < -0.3 is 4.98 Å². The quantitative estimate of drug-likeness (QED) is 0.389. The normalized spacial score (nSPS) is 11.5. The number of nitrogens with zero attached hydrogens (tertiary/aromatic N) is 4. The summed E-state index contributed by atoms with van der Waals surface area (Å²) in [6.07, 6.45) is -1.44. The number of hydrogen-bond donors (Lipinski definition) is 1. The second-order valence-electron chi connectivity index (χ2n) is 3.14. The molecular formula is C9H8F3N5O. The SMILES string of the molecule is [N-]=[N+]=NCCC=Cc1c(C(F)(F)F)nc[nH]c1=O. The predicted octanol–water partition coefficient (Wildman–Crippen LogP) is 2.50. The molecule has 0 spiro atoms. The van der Waals surface area contributed by atoms with Gasteiger partial charge in [-0.2, -0.15) is 13.2 Å². The first-order valence-electron chi connectivity index (χ1n) is 4.79. The molecule has 1 aromatic heterocycles. The lowest BCUT2D eigenvalue weighted by molar-refractivity contribution is -0.141. The van der Waals surface area contributed by atoms with E-state index in [1.807, 2.05) is 0 Å². The van der Waals surface area contributed by atoms with E-state index in [-0.39, 0.29) is 13.0 Å². The van der Waals surface area contributed by atoms with Crippen LogP contribution in [0.3, 0.4) is 0 Å². The highest BCUT2D eigenvalue weighted by atomic mass is 19.4. The van der Waals surface area contributed by atoms with Crippen LogP contribution in [0.2, 0.25) is 0 Å². The maximum atomic E-state index is 12.5. The second kappa shape index (κ2) is 5.87. The van der Waals surface area contributed by atoms with E-state index in [0.717, 1.165) is 6.08 Å². The highest BCUT2D eigenvalue weighted by Crippen LogP contribution is 2.29. The molecule has 1 heterocycles. The lowest BCUT2D eigenvalue weighted by Crippen LogP contribution is -2.20. The van der Waals surface area contributed by atoms with E-state index in [2.05, 4.69) is 20.0 Å². The summed E-state index contributed by atoms with van der Waals surface area (Å²) in [5, 5.41) is 3.20. The molecule has 1 rings (SSSR count).